The van der Waals surface area contributed by atoms with Crippen molar-refractivity contribution in [3.8, 4) is 0 Å². The summed E-state index contributed by atoms with van der Waals surface area (Å²) in [6.45, 7) is 0. The first kappa shape index (κ1) is 10.3. The molecule has 3 heteroatoms. The molecule has 0 saturated heterocycles. The van der Waals surface area contributed by atoms with Gasteiger partial charge in [-0.3, -0.25) is 4.79 Å². The lowest BCUT2D eigenvalue weighted by molar-refractivity contribution is -0.125. The van der Waals surface area contributed by atoms with Gasteiger partial charge >= 0.3 is 0 Å². The third-order valence-corrected chi connectivity index (χ3v) is 3.00. The van der Waals surface area contributed by atoms with Gasteiger partial charge in [-0.15, -0.1) is 0 Å². The lowest BCUT2D eigenvalue weighted by atomic mass is 9.79. The Kier molecular flexibility index (Phi) is 2.57. The molecular weight excluding hydrogens is 195 g/mol. The number of hydrogen-bond donors (Lipinski definition) is 1. The van der Waals surface area contributed by atoms with E-state index in [1.807, 2.05) is 0 Å². The number of carbonyl (C=O) groups excluding carboxylic acids is 1. The highest BCUT2D eigenvalue weighted by atomic mass is 19.1. The van der Waals surface area contributed by atoms with E-state index in [-0.39, 0.29) is 11.6 Å². The van der Waals surface area contributed by atoms with E-state index in [9.17, 15) is 14.3 Å². The fourth-order valence-corrected chi connectivity index (χ4v) is 2.01. The molecule has 0 atom stereocenters. The number of ketones is 1. The maximum absolute atomic E-state index is 13.0. The van der Waals surface area contributed by atoms with Crippen LogP contribution in [0.5, 0.6) is 0 Å². The third kappa shape index (κ3) is 2.07. The van der Waals surface area contributed by atoms with Crippen LogP contribution in [0.1, 0.15) is 31.2 Å². The second-order valence-corrected chi connectivity index (χ2v) is 4.08. The average Bonchev–Trinajstić information content (AvgIpc) is 2.23. The summed E-state index contributed by atoms with van der Waals surface area (Å²) in [5, 5.41) is 10.3. The zero-order valence-corrected chi connectivity index (χ0v) is 8.37. The van der Waals surface area contributed by atoms with Crippen LogP contribution >= 0.6 is 0 Å². The molecule has 0 aromatic heterocycles. The van der Waals surface area contributed by atoms with Crippen LogP contribution in [0.15, 0.2) is 24.3 Å². The molecule has 0 unspecified atom stereocenters. The second-order valence-electron chi connectivity index (χ2n) is 4.08. The van der Waals surface area contributed by atoms with Gasteiger partial charge < -0.3 is 5.11 Å². The Hall–Kier alpha value is -1.22. The number of carbonyl (C=O) groups is 1. The van der Waals surface area contributed by atoms with E-state index in [2.05, 4.69) is 0 Å². The van der Waals surface area contributed by atoms with Crippen LogP contribution in [0, 0.1) is 5.82 Å². The summed E-state index contributed by atoms with van der Waals surface area (Å²) < 4.78 is 13.0. The Morgan fingerprint density at radius 2 is 1.93 bits per heavy atom. The average molecular weight is 208 g/mol. The van der Waals surface area contributed by atoms with E-state index < -0.39 is 5.60 Å². The van der Waals surface area contributed by atoms with E-state index in [4.69, 9.17) is 0 Å². The monoisotopic (exact) mass is 208 g/mol. The summed E-state index contributed by atoms with van der Waals surface area (Å²) in [6, 6.07) is 5.98. The number of hydrogen-bond acceptors (Lipinski definition) is 2. The first-order valence-electron chi connectivity index (χ1n) is 5.10. The Balaban J connectivity index is 2.25. The third-order valence-electron chi connectivity index (χ3n) is 3.00. The van der Waals surface area contributed by atoms with Crippen LogP contribution in [-0.4, -0.2) is 10.9 Å². The maximum Gasteiger partial charge on any atom is 0.133 e. The molecule has 0 heterocycles. The van der Waals surface area contributed by atoms with Crippen LogP contribution < -0.4 is 0 Å². The number of benzene rings is 1. The van der Waals surface area contributed by atoms with Crippen molar-refractivity contribution in [3.63, 3.8) is 0 Å². The summed E-state index contributed by atoms with van der Waals surface area (Å²) in [7, 11) is 0. The van der Waals surface area contributed by atoms with E-state index in [0.717, 1.165) is 0 Å². The molecule has 0 amide bonds. The lowest BCUT2D eigenvalue weighted by Gasteiger charge is -2.31. The molecule has 0 radical (unpaired) electrons. The highest BCUT2D eigenvalue weighted by Crippen LogP contribution is 2.35. The first-order valence-corrected chi connectivity index (χ1v) is 5.10. The molecule has 80 valence electrons. The summed E-state index contributed by atoms with van der Waals surface area (Å²) in [5.74, 6) is -0.172. The molecule has 1 aromatic rings. The van der Waals surface area contributed by atoms with Gasteiger partial charge in [-0.2, -0.15) is 0 Å². The van der Waals surface area contributed by atoms with E-state index in [1.165, 1.54) is 12.1 Å². The minimum Gasteiger partial charge on any atom is -0.385 e. The fourth-order valence-electron chi connectivity index (χ4n) is 2.01. The Morgan fingerprint density at radius 3 is 2.53 bits per heavy atom. The molecule has 1 N–H and O–H groups in total. The van der Waals surface area contributed by atoms with Gasteiger partial charge in [-0.1, -0.05) is 12.1 Å². The van der Waals surface area contributed by atoms with E-state index in [1.54, 1.807) is 12.1 Å². The van der Waals surface area contributed by atoms with Crippen LogP contribution in [-0.2, 0) is 10.4 Å². The Labute approximate surface area is 87.7 Å². The summed E-state index contributed by atoms with van der Waals surface area (Å²) in [5.41, 5.74) is -0.439. The van der Waals surface area contributed by atoms with Crippen molar-refractivity contribution in [2.75, 3.05) is 0 Å². The smallest absolute Gasteiger partial charge is 0.133 e. The zero-order valence-electron chi connectivity index (χ0n) is 8.37. The molecule has 2 rings (SSSR count). The van der Waals surface area contributed by atoms with Gasteiger partial charge in [0.1, 0.15) is 11.6 Å². The minimum atomic E-state index is -1.02. The molecule has 0 spiro atoms. The molecule has 1 fully saturated rings. The maximum atomic E-state index is 13.0. The Morgan fingerprint density at radius 1 is 1.27 bits per heavy atom. The highest BCUT2D eigenvalue weighted by molar-refractivity contribution is 5.79. The molecule has 1 aliphatic carbocycles. The highest BCUT2D eigenvalue weighted by Gasteiger charge is 2.34. The lowest BCUT2D eigenvalue weighted by Crippen LogP contribution is -2.31. The predicted molar refractivity (Wildman–Crippen MR) is 53.8 cm³/mol. The van der Waals surface area contributed by atoms with Crippen LogP contribution in [0.2, 0.25) is 0 Å². The molecule has 0 aliphatic heterocycles. The fraction of sp³-hybridized carbons (Fsp3) is 0.417. The normalized spacial score (nSPS) is 20.3. The molecular formula is C12H13FO2. The summed E-state index contributed by atoms with van der Waals surface area (Å²) in [4.78, 5) is 11.1. The molecule has 1 aromatic carbocycles. The van der Waals surface area contributed by atoms with Crippen LogP contribution in [0.3, 0.4) is 0 Å². The van der Waals surface area contributed by atoms with E-state index in [0.29, 0.717) is 31.2 Å². The SMILES string of the molecule is O=C1CCC(O)(c2cccc(F)c2)CC1. The van der Waals surface area contributed by atoms with Crippen molar-refractivity contribution in [2.24, 2.45) is 0 Å². The summed E-state index contributed by atoms with van der Waals surface area (Å²) >= 11 is 0. The van der Waals surface area contributed by atoms with Crippen LogP contribution in [0.25, 0.3) is 0 Å². The van der Waals surface area contributed by atoms with Gasteiger partial charge in [0.05, 0.1) is 5.60 Å². The Bertz CT molecular complexity index is 377. The minimum absolute atomic E-state index is 0.177. The van der Waals surface area contributed by atoms with Crippen LogP contribution in [0.4, 0.5) is 4.39 Å². The van der Waals surface area contributed by atoms with Gasteiger partial charge in [-0.25, -0.2) is 4.39 Å². The number of rotatable bonds is 1. The van der Waals surface area contributed by atoms with Crippen molar-refractivity contribution >= 4 is 5.78 Å². The molecule has 15 heavy (non-hydrogen) atoms. The van der Waals surface area contributed by atoms with Gasteiger partial charge in [0.15, 0.2) is 0 Å². The zero-order chi connectivity index (χ0) is 10.9. The number of aliphatic hydroxyl groups is 1. The molecule has 1 aliphatic rings. The van der Waals surface area contributed by atoms with Gasteiger partial charge in [-0.05, 0) is 30.5 Å². The predicted octanol–water partition coefficient (Wildman–Crippen LogP) is 2.16. The van der Waals surface area contributed by atoms with Gasteiger partial charge in [0, 0.05) is 12.8 Å². The number of Topliss-reactive ketones (excluding diaryl/α,β-unsaturated/α-hetero) is 1. The van der Waals surface area contributed by atoms with Crippen molar-refractivity contribution in [2.45, 2.75) is 31.3 Å². The quantitative estimate of drug-likeness (QED) is 0.767. The van der Waals surface area contributed by atoms with Crippen molar-refractivity contribution in [1.82, 2.24) is 0 Å². The largest absolute Gasteiger partial charge is 0.385 e. The topological polar surface area (TPSA) is 37.3 Å². The first-order chi connectivity index (χ1) is 7.10. The van der Waals surface area contributed by atoms with Crippen molar-refractivity contribution < 1.29 is 14.3 Å². The molecule has 1 saturated carbocycles. The van der Waals surface area contributed by atoms with Crippen molar-refractivity contribution in [1.29, 1.82) is 0 Å². The number of halogens is 1. The van der Waals surface area contributed by atoms with E-state index >= 15 is 0 Å². The molecule has 0 bridgehead atoms. The standard InChI is InChI=1S/C12H13FO2/c13-10-3-1-2-9(8-10)12(15)6-4-11(14)5-7-12/h1-3,8,15H,4-7H2. The second kappa shape index (κ2) is 3.74. The van der Waals surface area contributed by atoms with Gasteiger partial charge in [0.2, 0.25) is 0 Å². The molecule has 2 nitrogen and oxygen atoms in total. The van der Waals surface area contributed by atoms with Crippen molar-refractivity contribution in [3.05, 3.63) is 35.6 Å². The van der Waals surface area contributed by atoms with Gasteiger partial charge in [0.25, 0.3) is 0 Å². The summed E-state index contributed by atoms with van der Waals surface area (Å²) in [6.07, 6.45) is 1.56.